The number of carbonyl (C=O) groups is 1. The van der Waals surface area contributed by atoms with Crippen LogP contribution in [0.1, 0.15) is 55.7 Å². The number of aromatic nitrogens is 1. The van der Waals surface area contributed by atoms with Gasteiger partial charge in [0.2, 0.25) is 0 Å². The summed E-state index contributed by atoms with van der Waals surface area (Å²) >= 11 is 0. The van der Waals surface area contributed by atoms with Crippen LogP contribution in [-0.4, -0.2) is 42.0 Å². The van der Waals surface area contributed by atoms with Crippen molar-refractivity contribution in [2.75, 3.05) is 26.2 Å². The lowest BCUT2D eigenvalue weighted by atomic mass is 9.63. The molecule has 1 N–H and O–H groups in total. The Labute approximate surface area is 209 Å². The number of likely N-dealkylation sites (tertiary alicyclic amines) is 1. The third-order valence-electron chi connectivity index (χ3n) is 7.56. The molecule has 1 unspecified atom stereocenters. The molecule has 5 rings (SSSR count). The number of hydrogen-bond donors (Lipinski definition) is 1. The fourth-order valence-corrected chi connectivity index (χ4v) is 5.82. The van der Waals surface area contributed by atoms with E-state index < -0.39 is 0 Å². The largest absolute Gasteiger partial charge is 0.493 e. The molecule has 5 heteroatoms. The van der Waals surface area contributed by atoms with Crippen LogP contribution >= 0.6 is 0 Å². The molecule has 2 aliphatic rings. The van der Waals surface area contributed by atoms with E-state index in [1.165, 1.54) is 5.56 Å². The summed E-state index contributed by atoms with van der Waals surface area (Å²) in [5.41, 5.74) is 5.22. The molecule has 0 radical (unpaired) electrons. The highest BCUT2D eigenvalue weighted by molar-refractivity contribution is 5.94. The number of carbonyl (C=O) groups excluding carboxylic acids is 1. The highest BCUT2D eigenvalue weighted by atomic mass is 16.5. The molecule has 3 heterocycles. The van der Waals surface area contributed by atoms with Crippen molar-refractivity contribution in [1.82, 2.24) is 15.2 Å². The number of rotatable bonds is 5. The van der Waals surface area contributed by atoms with Gasteiger partial charge in [0, 0.05) is 42.7 Å². The summed E-state index contributed by atoms with van der Waals surface area (Å²) in [6.45, 7) is 8.12. The third-order valence-corrected chi connectivity index (χ3v) is 7.56. The number of benzene rings is 2. The first-order valence-electron chi connectivity index (χ1n) is 12.4. The lowest BCUT2D eigenvalue weighted by Gasteiger charge is -2.50. The molecular weight excluding hydrogens is 434 g/mol. The Hall–Kier alpha value is -3.18. The Bertz CT molecular complexity index is 1160. The quantitative estimate of drug-likeness (QED) is 0.519. The van der Waals surface area contributed by atoms with Crippen molar-refractivity contribution >= 4 is 5.91 Å². The van der Waals surface area contributed by atoms with Gasteiger partial charge in [-0.05, 0) is 55.2 Å². The average Bonchev–Trinajstić information content (AvgIpc) is 2.89. The first-order valence-corrected chi connectivity index (χ1v) is 12.4. The monoisotopic (exact) mass is 471 g/mol. The van der Waals surface area contributed by atoms with Crippen molar-refractivity contribution in [3.8, 4) is 17.0 Å². The molecule has 2 aliphatic heterocycles. The summed E-state index contributed by atoms with van der Waals surface area (Å²) in [5.74, 6) is 1.39. The van der Waals surface area contributed by atoms with Gasteiger partial charge >= 0.3 is 0 Å². The number of ether oxygens (including phenoxy) is 1. The van der Waals surface area contributed by atoms with E-state index in [-0.39, 0.29) is 18.7 Å². The SMILES string of the molecule is C.CCOc1ccccc1-c1ccc2c(n1)CNC[C@]21CCN(C(=O)c2ccccc2)CC1CC. The molecule has 1 saturated heterocycles. The number of nitrogens with one attached hydrogen (secondary N) is 1. The molecule has 3 aromatic rings. The molecule has 1 fully saturated rings. The van der Waals surface area contributed by atoms with Gasteiger partial charge in [-0.15, -0.1) is 0 Å². The fourth-order valence-electron chi connectivity index (χ4n) is 5.82. The van der Waals surface area contributed by atoms with E-state index in [0.717, 1.165) is 67.3 Å². The maximum atomic E-state index is 13.2. The second-order valence-corrected chi connectivity index (χ2v) is 9.35. The fraction of sp³-hybridized carbons (Fsp3) is 0.400. The molecule has 0 bridgehead atoms. The van der Waals surface area contributed by atoms with Crippen molar-refractivity contribution in [3.63, 3.8) is 0 Å². The van der Waals surface area contributed by atoms with E-state index >= 15 is 0 Å². The van der Waals surface area contributed by atoms with E-state index in [2.05, 4.69) is 30.4 Å². The van der Waals surface area contributed by atoms with Crippen molar-refractivity contribution in [3.05, 3.63) is 83.6 Å². The molecule has 5 nitrogen and oxygen atoms in total. The van der Waals surface area contributed by atoms with Crippen molar-refractivity contribution in [2.45, 2.75) is 46.1 Å². The van der Waals surface area contributed by atoms with Gasteiger partial charge in [-0.3, -0.25) is 9.78 Å². The summed E-state index contributed by atoms with van der Waals surface area (Å²) in [6, 6.07) is 22.2. The van der Waals surface area contributed by atoms with Crippen molar-refractivity contribution in [1.29, 1.82) is 0 Å². The summed E-state index contributed by atoms with van der Waals surface area (Å²) in [5, 5.41) is 3.66. The second-order valence-electron chi connectivity index (χ2n) is 9.35. The van der Waals surface area contributed by atoms with Crippen LogP contribution < -0.4 is 10.1 Å². The van der Waals surface area contributed by atoms with Crippen LogP contribution in [0, 0.1) is 5.92 Å². The van der Waals surface area contributed by atoms with Crippen LogP contribution in [0.5, 0.6) is 5.75 Å². The minimum atomic E-state index is 0. The van der Waals surface area contributed by atoms with Gasteiger partial charge in [0.15, 0.2) is 0 Å². The maximum absolute atomic E-state index is 13.2. The first kappa shape index (κ1) is 24.9. The van der Waals surface area contributed by atoms with Gasteiger partial charge < -0.3 is 15.0 Å². The van der Waals surface area contributed by atoms with Crippen molar-refractivity contribution < 1.29 is 9.53 Å². The minimum absolute atomic E-state index is 0. The molecule has 0 aliphatic carbocycles. The van der Waals surface area contributed by atoms with Crippen LogP contribution in [0.3, 0.4) is 0 Å². The zero-order chi connectivity index (χ0) is 23.5. The summed E-state index contributed by atoms with van der Waals surface area (Å²) in [4.78, 5) is 20.3. The number of nitrogens with zero attached hydrogens (tertiary/aromatic N) is 2. The van der Waals surface area contributed by atoms with Gasteiger partial charge in [-0.25, -0.2) is 0 Å². The molecule has 1 aromatic heterocycles. The number of piperidine rings is 1. The normalized spacial score (nSPS) is 21.2. The Morgan fingerprint density at radius 1 is 1.09 bits per heavy atom. The predicted molar refractivity (Wildman–Crippen MR) is 142 cm³/mol. The smallest absolute Gasteiger partial charge is 0.253 e. The standard InChI is InChI=1S/C29H33N3O2.CH4/c1-3-22-19-32(28(33)21-10-6-5-7-11-21)17-16-29(22)20-30-18-26-24(29)14-15-25(31-26)23-12-8-9-13-27(23)34-4-2;/h5-15,22,30H,3-4,16-20H2,1-2H3;1H4/t22?,29-;/m0./s1. The molecule has 2 aromatic carbocycles. The Morgan fingerprint density at radius 3 is 2.63 bits per heavy atom. The van der Waals surface area contributed by atoms with Crippen molar-refractivity contribution in [2.24, 2.45) is 5.92 Å². The van der Waals surface area contributed by atoms with Gasteiger partial charge in [-0.1, -0.05) is 57.2 Å². The summed E-state index contributed by atoms with van der Waals surface area (Å²) in [7, 11) is 0. The Balaban J connectivity index is 0.00000289. The Kier molecular flexibility index (Phi) is 7.56. The van der Waals surface area contributed by atoms with Crippen LogP contribution in [0.15, 0.2) is 66.7 Å². The van der Waals surface area contributed by atoms with Crippen LogP contribution in [0.25, 0.3) is 11.3 Å². The van der Waals surface area contributed by atoms with E-state index in [4.69, 9.17) is 9.72 Å². The number of pyridine rings is 1. The molecule has 184 valence electrons. The number of fused-ring (bicyclic) bond motifs is 2. The molecular formula is C30H37N3O2. The maximum Gasteiger partial charge on any atom is 0.253 e. The first-order chi connectivity index (χ1) is 16.7. The Morgan fingerprint density at radius 2 is 1.86 bits per heavy atom. The van der Waals surface area contributed by atoms with Crippen LogP contribution in [0.4, 0.5) is 0 Å². The lowest BCUT2D eigenvalue weighted by molar-refractivity contribution is 0.0498. The van der Waals surface area contributed by atoms with Crippen LogP contribution in [0.2, 0.25) is 0 Å². The van der Waals surface area contributed by atoms with Gasteiger partial charge in [0.1, 0.15) is 5.75 Å². The third kappa shape index (κ3) is 4.57. The topological polar surface area (TPSA) is 54.5 Å². The molecule has 0 saturated carbocycles. The predicted octanol–water partition coefficient (Wildman–Crippen LogP) is 5.70. The van der Waals surface area contributed by atoms with Gasteiger partial charge in [-0.2, -0.15) is 0 Å². The number of para-hydroxylation sites is 1. The summed E-state index contributed by atoms with van der Waals surface area (Å²) < 4.78 is 5.86. The van der Waals surface area contributed by atoms with E-state index in [0.29, 0.717) is 12.5 Å². The number of amides is 1. The second kappa shape index (κ2) is 10.6. The molecule has 1 spiro atoms. The molecule has 1 amide bonds. The highest BCUT2D eigenvalue weighted by Crippen LogP contribution is 2.45. The lowest BCUT2D eigenvalue weighted by Crippen LogP contribution is -2.57. The van der Waals surface area contributed by atoms with Gasteiger partial charge in [0.25, 0.3) is 5.91 Å². The zero-order valence-electron chi connectivity index (χ0n) is 20.1. The van der Waals surface area contributed by atoms with Crippen LogP contribution in [-0.2, 0) is 12.0 Å². The summed E-state index contributed by atoms with van der Waals surface area (Å²) in [6.07, 6.45) is 1.97. The van der Waals surface area contributed by atoms with Gasteiger partial charge in [0.05, 0.1) is 18.0 Å². The molecule has 2 atom stereocenters. The highest BCUT2D eigenvalue weighted by Gasteiger charge is 2.47. The number of hydrogen-bond acceptors (Lipinski definition) is 4. The van der Waals surface area contributed by atoms with E-state index in [1.807, 2.05) is 60.4 Å². The average molecular weight is 472 g/mol. The van der Waals surface area contributed by atoms with E-state index in [9.17, 15) is 4.79 Å². The minimum Gasteiger partial charge on any atom is -0.493 e. The van der Waals surface area contributed by atoms with E-state index in [1.54, 1.807) is 0 Å². The zero-order valence-corrected chi connectivity index (χ0v) is 20.1. The molecule has 35 heavy (non-hydrogen) atoms.